The average molecular weight is 195 g/mol. The fourth-order valence-corrected chi connectivity index (χ4v) is 0.845. The molecule has 1 rings (SSSR count). The Balaban J connectivity index is 2.52. The minimum absolute atomic E-state index is 0.190. The second-order valence-corrected chi connectivity index (χ2v) is 2.58. The smallest absolute Gasteiger partial charge is 0.309 e. The molecule has 0 aliphatic heterocycles. The van der Waals surface area contributed by atoms with Gasteiger partial charge in [0, 0.05) is 0 Å². The van der Waals surface area contributed by atoms with Crippen LogP contribution in [0, 0.1) is 5.82 Å². The molecule has 1 heterocycles. The van der Waals surface area contributed by atoms with Crippen molar-refractivity contribution in [2.24, 2.45) is 0 Å². The SMILES string of the molecule is COC(=O)CC=Cc1ccc(F)cn1. The van der Waals surface area contributed by atoms with Crippen LogP contribution < -0.4 is 0 Å². The first-order chi connectivity index (χ1) is 6.72. The molecule has 0 amide bonds. The molecule has 0 saturated carbocycles. The van der Waals surface area contributed by atoms with Crippen molar-refractivity contribution in [2.45, 2.75) is 6.42 Å². The fraction of sp³-hybridized carbons (Fsp3) is 0.200. The van der Waals surface area contributed by atoms with Crippen molar-refractivity contribution >= 4 is 12.0 Å². The van der Waals surface area contributed by atoms with Gasteiger partial charge in [-0.2, -0.15) is 0 Å². The first-order valence-corrected chi connectivity index (χ1v) is 4.07. The molecule has 0 aliphatic rings. The Bertz CT molecular complexity index is 332. The Morgan fingerprint density at radius 1 is 1.64 bits per heavy atom. The standard InChI is InChI=1S/C10H10FNO2/c1-14-10(13)4-2-3-9-6-5-8(11)7-12-9/h2-3,5-7H,4H2,1H3. The number of hydrogen-bond donors (Lipinski definition) is 0. The quantitative estimate of drug-likeness (QED) is 0.690. The van der Waals surface area contributed by atoms with Gasteiger partial charge in [-0.05, 0) is 18.2 Å². The number of pyridine rings is 1. The first kappa shape index (κ1) is 10.4. The molecule has 0 bridgehead atoms. The monoisotopic (exact) mass is 195 g/mol. The molecule has 0 saturated heterocycles. The van der Waals surface area contributed by atoms with Crippen LogP contribution in [0.3, 0.4) is 0 Å². The molecule has 1 aromatic heterocycles. The van der Waals surface area contributed by atoms with E-state index in [1.165, 1.54) is 19.2 Å². The minimum atomic E-state index is -0.380. The van der Waals surface area contributed by atoms with Crippen molar-refractivity contribution in [3.8, 4) is 0 Å². The van der Waals surface area contributed by atoms with Gasteiger partial charge >= 0.3 is 5.97 Å². The zero-order chi connectivity index (χ0) is 10.4. The molecule has 0 radical (unpaired) electrons. The summed E-state index contributed by atoms with van der Waals surface area (Å²) in [5, 5.41) is 0. The van der Waals surface area contributed by atoms with Crippen LogP contribution >= 0.6 is 0 Å². The number of hydrogen-bond acceptors (Lipinski definition) is 3. The van der Waals surface area contributed by atoms with Gasteiger partial charge in [-0.1, -0.05) is 6.08 Å². The lowest BCUT2D eigenvalue weighted by molar-refractivity contribution is -0.139. The summed E-state index contributed by atoms with van der Waals surface area (Å²) in [6.45, 7) is 0. The number of methoxy groups -OCH3 is 1. The number of ether oxygens (including phenoxy) is 1. The second kappa shape index (κ2) is 5.11. The van der Waals surface area contributed by atoms with Crippen molar-refractivity contribution in [1.82, 2.24) is 4.98 Å². The summed E-state index contributed by atoms with van der Waals surface area (Å²) >= 11 is 0. The van der Waals surface area contributed by atoms with Crippen LogP contribution in [0.5, 0.6) is 0 Å². The van der Waals surface area contributed by atoms with E-state index in [0.29, 0.717) is 5.69 Å². The topological polar surface area (TPSA) is 39.2 Å². The van der Waals surface area contributed by atoms with Gasteiger partial charge in [0.1, 0.15) is 5.82 Å². The van der Waals surface area contributed by atoms with Gasteiger partial charge in [0.15, 0.2) is 0 Å². The molecule has 14 heavy (non-hydrogen) atoms. The molecule has 0 unspecified atom stereocenters. The maximum Gasteiger partial charge on any atom is 0.309 e. The van der Waals surface area contributed by atoms with E-state index in [-0.39, 0.29) is 18.2 Å². The predicted molar refractivity (Wildman–Crippen MR) is 49.9 cm³/mol. The van der Waals surface area contributed by atoms with E-state index in [1.807, 2.05) is 0 Å². The number of carbonyl (C=O) groups excluding carboxylic acids is 1. The highest BCUT2D eigenvalue weighted by Crippen LogP contribution is 2.01. The zero-order valence-corrected chi connectivity index (χ0v) is 7.74. The number of esters is 1. The van der Waals surface area contributed by atoms with E-state index in [1.54, 1.807) is 12.2 Å². The molecule has 0 aromatic carbocycles. The summed E-state index contributed by atoms with van der Waals surface area (Å²) in [5.41, 5.74) is 0.607. The summed E-state index contributed by atoms with van der Waals surface area (Å²) in [6, 6.07) is 2.84. The molecule has 1 aromatic rings. The lowest BCUT2D eigenvalue weighted by Gasteiger charge is -1.93. The van der Waals surface area contributed by atoms with Gasteiger partial charge in [-0.3, -0.25) is 9.78 Å². The third kappa shape index (κ3) is 3.35. The molecular weight excluding hydrogens is 185 g/mol. The highest BCUT2D eigenvalue weighted by molar-refractivity contribution is 5.72. The second-order valence-electron chi connectivity index (χ2n) is 2.58. The van der Waals surface area contributed by atoms with E-state index < -0.39 is 0 Å². The van der Waals surface area contributed by atoms with Crippen molar-refractivity contribution in [2.75, 3.05) is 7.11 Å². The molecule has 0 spiro atoms. The Labute approximate surface area is 81.2 Å². The number of carbonyl (C=O) groups is 1. The highest BCUT2D eigenvalue weighted by Gasteiger charge is 1.94. The van der Waals surface area contributed by atoms with Crippen LogP contribution in [0.25, 0.3) is 6.08 Å². The van der Waals surface area contributed by atoms with Gasteiger partial charge in [-0.15, -0.1) is 0 Å². The summed E-state index contributed by atoms with van der Waals surface area (Å²) in [6.07, 6.45) is 4.57. The van der Waals surface area contributed by atoms with Crippen molar-refractivity contribution in [3.63, 3.8) is 0 Å². The third-order valence-corrected chi connectivity index (χ3v) is 1.55. The Morgan fingerprint density at radius 3 is 3.00 bits per heavy atom. The zero-order valence-electron chi connectivity index (χ0n) is 7.74. The number of aromatic nitrogens is 1. The molecule has 3 nitrogen and oxygen atoms in total. The fourth-order valence-electron chi connectivity index (χ4n) is 0.845. The molecule has 0 fully saturated rings. The predicted octanol–water partition coefficient (Wildman–Crippen LogP) is 1.80. The lowest BCUT2D eigenvalue weighted by Crippen LogP contribution is -1.96. The van der Waals surface area contributed by atoms with Crippen LogP contribution in [0.1, 0.15) is 12.1 Å². The molecule has 0 N–H and O–H groups in total. The van der Waals surface area contributed by atoms with E-state index in [2.05, 4.69) is 9.72 Å². The molecule has 0 aliphatic carbocycles. The normalized spacial score (nSPS) is 10.4. The van der Waals surface area contributed by atoms with Crippen LogP contribution in [0.4, 0.5) is 4.39 Å². The third-order valence-electron chi connectivity index (χ3n) is 1.55. The Morgan fingerprint density at radius 2 is 2.43 bits per heavy atom. The van der Waals surface area contributed by atoms with Crippen molar-refractivity contribution in [1.29, 1.82) is 0 Å². The number of nitrogens with zero attached hydrogens (tertiary/aromatic N) is 1. The largest absolute Gasteiger partial charge is 0.469 e. The maximum atomic E-state index is 12.4. The minimum Gasteiger partial charge on any atom is -0.469 e. The molecule has 74 valence electrons. The lowest BCUT2D eigenvalue weighted by atomic mass is 10.3. The van der Waals surface area contributed by atoms with Crippen molar-refractivity contribution < 1.29 is 13.9 Å². The number of halogens is 1. The van der Waals surface area contributed by atoms with Gasteiger partial charge in [0.25, 0.3) is 0 Å². The van der Waals surface area contributed by atoms with Gasteiger partial charge in [0.05, 0.1) is 25.4 Å². The highest BCUT2D eigenvalue weighted by atomic mass is 19.1. The maximum absolute atomic E-state index is 12.4. The molecular formula is C10H10FNO2. The van der Waals surface area contributed by atoms with Gasteiger partial charge in [-0.25, -0.2) is 4.39 Å². The summed E-state index contributed by atoms with van der Waals surface area (Å²) < 4.78 is 16.9. The number of rotatable bonds is 3. The summed E-state index contributed by atoms with van der Waals surface area (Å²) in [7, 11) is 1.33. The van der Waals surface area contributed by atoms with Crippen LogP contribution in [0.15, 0.2) is 24.4 Å². The first-order valence-electron chi connectivity index (χ1n) is 4.07. The van der Waals surface area contributed by atoms with Gasteiger partial charge in [0.2, 0.25) is 0 Å². The van der Waals surface area contributed by atoms with E-state index >= 15 is 0 Å². The molecule has 4 heteroatoms. The van der Waals surface area contributed by atoms with Crippen LogP contribution in [-0.4, -0.2) is 18.1 Å². The Hall–Kier alpha value is -1.71. The van der Waals surface area contributed by atoms with E-state index in [4.69, 9.17) is 0 Å². The summed E-state index contributed by atoms with van der Waals surface area (Å²) in [5.74, 6) is -0.696. The Kier molecular flexibility index (Phi) is 3.79. The van der Waals surface area contributed by atoms with Gasteiger partial charge < -0.3 is 4.74 Å². The van der Waals surface area contributed by atoms with E-state index in [9.17, 15) is 9.18 Å². The van der Waals surface area contributed by atoms with Crippen LogP contribution in [0.2, 0.25) is 0 Å². The van der Waals surface area contributed by atoms with E-state index in [0.717, 1.165) is 6.20 Å². The van der Waals surface area contributed by atoms with Crippen molar-refractivity contribution in [3.05, 3.63) is 35.9 Å². The average Bonchev–Trinajstić information content (AvgIpc) is 2.21. The summed E-state index contributed by atoms with van der Waals surface area (Å²) in [4.78, 5) is 14.5. The molecule has 0 atom stereocenters. The van der Waals surface area contributed by atoms with Crippen LogP contribution in [-0.2, 0) is 9.53 Å².